The number of amides is 2. The molecule has 3 rings (SSSR count). The topological polar surface area (TPSA) is 115 Å². The second kappa shape index (κ2) is 13.2. The summed E-state index contributed by atoms with van der Waals surface area (Å²) < 4.78 is 50.8. The van der Waals surface area contributed by atoms with Gasteiger partial charge in [-0.15, -0.1) is 0 Å². The first kappa shape index (κ1) is 29.6. The highest BCUT2D eigenvalue weighted by molar-refractivity contribution is 7.99. The standard InChI is InChI=1S/C27H29F3N4O4S/c1-3-32-17-19(15-31)24(35)34-26(10-12-39-13-11-26)25(36)33-16-18-4-6-20(7-5-18)38-23-9-8-21(37-2)14-22(23)27(28,29)30/h3-9,14-15,17H,1,10-13,16,31H2,2H3,(H,33,36)(H,34,35)/b19-15+,32-17-. The van der Waals surface area contributed by atoms with Gasteiger partial charge < -0.3 is 25.8 Å². The van der Waals surface area contributed by atoms with Crippen molar-refractivity contribution in [2.75, 3.05) is 18.6 Å². The molecule has 2 amide bonds. The molecule has 0 aromatic heterocycles. The largest absolute Gasteiger partial charge is 0.497 e. The van der Waals surface area contributed by atoms with E-state index in [-0.39, 0.29) is 35.3 Å². The molecule has 0 atom stereocenters. The molecule has 0 spiro atoms. The molecule has 1 fully saturated rings. The van der Waals surface area contributed by atoms with Crippen molar-refractivity contribution in [2.45, 2.75) is 31.1 Å². The van der Waals surface area contributed by atoms with Gasteiger partial charge in [-0.3, -0.25) is 14.6 Å². The summed E-state index contributed by atoms with van der Waals surface area (Å²) in [5.74, 6) is 0.398. The lowest BCUT2D eigenvalue weighted by atomic mass is 9.90. The zero-order chi connectivity index (χ0) is 28.5. The molecule has 0 bridgehead atoms. The van der Waals surface area contributed by atoms with E-state index >= 15 is 0 Å². The molecule has 2 aromatic rings. The lowest BCUT2D eigenvalue weighted by molar-refractivity contribution is -0.138. The monoisotopic (exact) mass is 562 g/mol. The number of hydrogen-bond acceptors (Lipinski definition) is 7. The normalized spacial score (nSPS) is 15.4. The maximum absolute atomic E-state index is 13.5. The smallest absolute Gasteiger partial charge is 0.420 e. The molecule has 0 aliphatic carbocycles. The van der Waals surface area contributed by atoms with Crippen LogP contribution in [0.1, 0.15) is 24.0 Å². The predicted octanol–water partition coefficient (Wildman–Crippen LogP) is 4.56. The third kappa shape index (κ3) is 7.79. The van der Waals surface area contributed by atoms with Crippen molar-refractivity contribution in [1.29, 1.82) is 0 Å². The highest BCUT2D eigenvalue weighted by atomic mass is 32.2. The van der Waals surface area contributed by atoms with Gasteiger partial charge in [0.05, 0.1) is 12.7 Å². The average molecular weight is 563 g/mol. The van der Waals surface area contributed by atoms with Gasteiger partial charge in [-0.1, -0.05) is 18.7 Å². The fourth-order valence-corrected chi connectivity index (χ4v) is 5.02. The third-order valence-corrected chi connectivity index (χ3v) is 6.98. The predicted molar refractivity (Wildman–Crippen MR) is 145 cm³/mol. The minimum absolute atomic E-state index is 0.0615. The molecule has 1 heterocycles. The Morgan fingerprint density at radius 3 is 2.41 bits per heavy atom. The molecule has 208 valence electrons. The fourth-order valence-electron chi connectivity index (χ4n) is 3.83. The molecule has 1 aliphatic heterocycles. The van der Waals surface area contributed by atoms with Crippen molar-refractivity contribution in [3.63, 3.8) is 0 Å². The van der Waals surface area contributed by atoms with Crippen molar-refractivity contribution >= 4 is 29.8 Å². The lowest BCUT2D eigenvalue weighted by Crippen LogP contribution is -2.60. The summed E-state index contributed by atoms with van der Waals surface area (Å²) in [5, 5.41) is 5.69. The zero-order valence-electron chi connectivity index (χ0n) is 21.2. The van der Waals surface area contributed by atoms with E-state index in [1.165, 1.54) is 43.8 Å². The summed E-state index contributed by atoms with van der Waals surface area (Å²) in [4.78, 5) is 29.9. The number of halogens is 3. The van der Waals surface area contributed by atoms with Crippen LogP contribution in [0.4, 0.5) is 13.2 Å². The van der Waals surface area contributed by atoms with Gasteiger partial charge in [-0.05, 0) is 60.2 Å². The van der Waals surface area contributed by atoms with Crippen LogP contribution in [0, 0.1) is 0 Å². The molecule has 39 heavy (non-hydrogen) atoms. The van der Waals surface area contributed by atoms with E-state index in [0.29, 0.717) is 29.9 Å². The molecule has 12 heteroatoms. The van der Waals surface area contributed by atoms with Crippen LogP contribution in [0.25, 0.3) is 0 Å². The number of benzene rings is 2. The van der Waals surface area contributed by atoms with E-state index in [4.69, 9.17) is 15.2 Å². The first-order valence-electron chi connectivity index (χ1n) is 11.9. The second-order valence-electron chi connectivity index (χ2n) is 8.52. The van der Waals surface area contributed by atoms with E-state index in [1.54, 1.807) is 23.9 Å². The number of methoxy groups -OCH3 is 1. The molecule has 0 unspecified atom stereocenters. The number of carbonyl (C=O) groups excluding carboxylic acids is 2. The molecule has 0 radical (unpaired) electrons. The summed E-state index contributed by atoms with van der Waals surface area (Å²) in [6.45, 7) is 3.60. The van der Waals surface area contributed by atoms with Gasteiger partial charge in [0.1, 0.15) is 28.4 Å². The van der Waals surface area contributed by atoms with Crippen LogP contribution >= 0.6 is 11.8 Å². The molecule has 0 saturated carbocycles. The van der Waals surface area contributed by atoms with Gasteiger partial charge in [0, 0.05) is 25.2 Å². The Kier molecular flexibility index (Phi) is 10.0. The number of aliphatic imine (C=N–C) groups is 1. The Morgan fingerprint density at radius 1 is 1.15 bits per heavy atom. The van der Waals surface area contributed by atoms with Crippen LogP contribution in [0.2, 0.25) is 0 Å². The number of alkyl halides is 3. The first-order valence-corrected chi connectivity index (χ1v) is 13.0. The van der Waals surface area contributed by atoms with Gasteiger partial charge in [0.2, 0.25) is 5.91 Å². The van der Waals surface area contributed by atoms with Gasteiger partial charge in [0.25, 0.3) is 5.91 Å². The van der Waals surface area contributed by atoms with Crippen molar-refractivity contribution in [3.05, 3.63) is 78.1 Å². The minimum Gasteiger partial charge on any atom is -0.497 e. The fraction of sp³-hybridized carbons (Fsp3) is 0.296. The molecule has 1 aliphatic rings. The Labute approximate surface area is 228 Å². The summed E-state index contributed by atoms with van der Waals surface area (Å²) in [6, 6.07) is 9.74. The average Bonchev–Trinajstić information content (AvgIpc) is 2.93. The highest BCUT2D eigenvalue weighted by Gasteiger charge is 2.41. The Hall–Kier alpha value is -3.93. The van der Waals surface area contributed by atoms with Gasteiger partial charge >= 0.3 is 6.18 Å². The van der Waals surface area contributed by atoms with E-state index < -0.39 is 23.2 Å². The number of thioether (sulfide) groups is 1. The van der Waals surface area contributed by atoms with Crippen LogP contribution in [-0.2, 0) is 22.3 Å². The van der Waals surface area contributed by atoms with Gasteiger partial charge in [-0.2, -0.15) is 24.9 Å². The molecule has 4 N–H and O–H groups in total. The third-order valence-electron chi connectivity index (χ3n) is 5.99. The number of nitrogens with zero attached hydrogens (tertiary/aromatic N) is 1. The van der Waals surface area contributed by atoms with Crippen LogP contribution < -0.4 is 25.8 Å². The quantitative estimate of drug-likeness (QED) is 0.289. The van der Waals surface area contributed by atoms with E-state index in [1.807, 2.05) is 0 Å². The molecule has 1 saturated heterocycles. The number of rotatable bonds is 10. The summed E-state index contributed by atoms with van der Waals surface area (Å²) in [5.41, 5.74) is 4.26. The van der Waals surface area contributed by atoms with Crippen molar-refractivity contribution < 1.29 is 32.2 Å². The van der Waals surface area contributed by atoms with Crippen LogP contribution in [0.15, 0.2) is 72.0 Å². The Bertz CT molecular complexity index is 1240. The molecular weight excluding hydrogens is 533 g/mol. The van der Waals surface area contributed by atoms with Gasteiger partial charge in [0.15, 0.2) is 0 Å². The molecule has 2 aromatic carbocycles. The second-order valence-corrected chi connectivity index (χ2v) is 9.74. The van der Waals surface area contributed by atoms with Crippen LogP contribution in [0.5, 0.6) is 17.2 Å². The number of ether oxygens (including phenoxy) is 2. The first-order chi connectivity index (χ1) is 18.6. The maximum Gasteiger partial charge on any atom is 0.420 e. The lowest BCUT2D eigenvalue weighted by Gasteiger charge is -2.36. The minimum atomic E-state index is -4.63. The molecule has 8 nitrogen and oxygen atoms in total. The van der Waals surface area contributed by atoms with Crippen molar-refractivity contribution in [2.24, 2.45) is 10.7 Å². The SMILES string of the molecule is C=C/N=C\C(=C/N)C(=O)NC1(C(=O)NCc2ccc(Oc3ccc(OC)cc3C(F)(F)F)cc2)CCSCC1. The molecular formula is C27H29F3N4O4S. The zero-order valence-corrected chi connectivity index (χ0v) is 22.0. The van der Waals surface area contributed by atoms with E-state index in [9.17, 15) is 22.8 Å². The van der Waals surface area contributed by atoms with Gasteiger partial charge in [-0.25, -0.2) is 0 Å². The maximum atomic E-state index is 13.5. The number of carbonyl (C=O) groups is 2. The highest BCUT2D eigenvalue weighted by Crippen LogP contribution is 2.40. The van der Waals surface area contributed by atoms with Crippen LogP contribution in [0.3, 0.4) is 0 Å². The summed E-state index contributed by atoms with van der Waals surface area (Å²) >= 11 is 1.69. The number of nitrogens with two attached hydrogens (primary N) is 1. The number of hydrogen-bond donors (Lipinski definition) is 3. The van der Waals surface area contributed by atoms with Crippen molar-refractivity contribution in [1.82, 2.24) is 10.6 Å². The number of nitrogens with one attached hydrogen (secondary N) is 2. The summed E-state index contributed by atoms with van der Waals surface area (Å²) in [7, 11) is 1.28. The van der Waals surface area contributed by atoms with E-state index in [0.717, 1.165) is 12.3 Å². The Morgan fingerprint density at radius 2 is 1.82 bits per heavy atom. The van der Waals surface area contributed by atoms with E-state index in [2.05, 4.69) is 22.2 Å². The van der Waals surface area contributed by atoms with Crippen molar-refractivity contribution in [3.8, 4) is 17.2 Å². The summed E-state index contributed by atoms with van der Waals surface area (Å²) in [6.07, 6.45) is -0.128. The Balaban J connectivity index is 1.68. The van der Waals surface area contributed by atoms with Crippen LogP contribution in [-0.4, -0.2) is 42.2 Å².